The molecule has 1 fully saturated rings. The summed E-state index contributed by atoms with van der Waals surface area (Å²) in [4.78, 5) is 54.4. The van der Waals surface area contributed by atoms with Gasteiger partial charge in [-0.25, -0.2) is 18.1 Å². The van der Waals surface area contributed by atoms with Gasteiger partial charge in [-0.3, -0.25) is 33.4 Å². The molecule has 0 saturated heterocycles. The van der Waals surface area contributed by atoms with Gasteiger partial charge in [0.1, 0.15) is 40.2 Å². The molecule has 17 heteroatoms. The van der Waals surface area contributed by atoms with Crippen LogP contribution in [-0.2, 0) is 40.5 Å². The smallest absolute Gasteiger partial charge is 0.276 e. The average Bonchev–Trinajstić information content (AvgIpc) is 3.84. The summed E-state index contributed by atoms with van der Waals surface area (Å²) in [6, 6.07) is 5.09. The van der Waals surface area contributed by atoms with Crippen molar-refractivity contribution < 1.29 is 32.6 Å². The first kappa shape index (κ1) is 33.3. The van der Waals surface area contributed by atoms with Crippen LogP contribution in [0.5, 0.6) is 11.5 Å². The summed E-state index contributed by atoms with van der Waals surface area (Å²) in [6.45, 7) is 1.32. The Kier molecular flexibility index (Phi) is 7.83. The molecule has 2 aromatic carbocycles. The molecule has 0 bridgehead atoms. The van der Waals surface area contributed by atoms with Crippen LogP contribution in [0.1, 0.15) is 25.7 Å². The molecule has 52 heavy (non-hydrogen) atoms. The van der Waals surface area contributed by atoms with Crippen molar-refractivity contribution in [2.75, 3.05) is 30.7 Å². The molecule has 1 aliphatic carbocycles. The lowest BCUT2D eigenvalue weighted by molar-refractivity contribution is -0.128. The number of methoxy groups -OCH3 is 1. The Morgan fingerprint density at radius 3 is 2.21 bits per heavy atom. The van der Waals surface area contributed by atoms with E-state index >= 15 is 8.78 Å². The third-order valence-electron chi connectivity index (χ3n) is 10.9. The lowest BCUT2D eigenvalue weighted by Crippen LogP contribution is -2.48. The van der Waals surface area contributed by atoms with Gasteiger partial charge in [-0.05, 0) is 49.7 Å². The molecule has 1 saturated carbocycles. The Morgan fingerprint density at radius 2 is 1.50 bits per heavy atom. The Balaban J connectivity index is 0.982. The highest BCUT2D eigenvalue weighted by Crippen LogP contribution is 2.53. The molecule has 3 unspecified atom stereocenters. The summed E-state index contributed by atoms with van der Waals surface area (Å²) in [5.74, 6) is -2.12. The third kappa shape index (κ3) is 5.03. The van der Waals surface area contributed by atoms with Gasteiger partial charge in [0.05, 0.1) is 22.5 Å². The van der Waals surface area contributed by atoms with E-state index in [1.165, 1.54) is 39.6 Å². The lowest BCUT2D eigenvalue weighted by Gasteiger charge is -2.35. The first-order valence-electron chi connectivity index (χ1n) is 17.1. The van der Waals surface area contributed by atoms with Crippen molar-refractivity contribution in [3.05, 3.63) is 66.9 Å². The molecule has 0 spiro atoms. The van der Waals surface area contributed by atoms with Gasteiger partial charge in [0.25, 0.3) is 22.9 Å². The van der Waals surface area contributed by atoms with Gasteiger partial charge in [-0.15, -0.1) is 0 Å². The number of hydrogen-bond acceptors (Lipinski definition) is 7. The molecule has 5 aliphatic rings. The average molecular weight is 758 g/mol. The minimum absolute atomic E-state index is 0.00106. The summed E-state index contributed by atoms with van der Waals surface area (Å²) in [7, 11) is 1.45. The first-order valence-corrected chi connectivity index (χ1v) is 17.9. The predicted molar refractivity (Wildman–Crippen MR) is 185 cm³/mol. The number of hydrogen-bond donors (Lipinski definition) is 1. The quantitative estimate of drug-likeness (QED) is 0.302. The summed E-state index contributed by atoms with van der Waals surface area (Å²) in [5, 5.41) is 2.86. The summed E-state index contributed by atoms with van der Waals surface area (Å²) in [5.41, 5.74) is -0.411. The van der Waals surface area contributed by atoms with Crippen LogP contribution in [0.25, 0.3) is 22.3 Å². The van der Waals surface area contributed by atoms with E-state index in [0.29, 0.717) is 32.5 Å². The van der Waals surface area contributed by atoms with Crippen molar-refractivity contribution in [2.45, 2.75) is 58.0 Å². The van der Waals surface area contributed by atoms with Crippen molar-refractivity contribution in [3.8, 4) is 33.8 Å². The number of nitrogens with zero attached hydrogens (tertiary/aromatic N) is 5. The summed E-state index contributed by atoms with van der Waals surface area (Å²) in [6.07, 6.45) is 2.00. The maximum atomic E-state index is 15.8. The molecule has 13 nitrogen and oxygen atoms in total. The Hall–Kier alpha value is -4.60. The highest BCUT2D eigenvalue weighted by atomic mass is 35.5. The van der Waals surface area contributed by atoms with Crippen molar-refractivity contribution in [2.24, 2.45) is 17.8 Å². The zero-order valence-corrected chi connectivity index (χ0v) is 29.3. The predicted octanol–water partition coefficient (Wildman–Crippen LogP) is 4.71. The van der Waals surface area contributed by atoms with Crippen LogP contribution >= 0.6 is 23.2 Å². The van der Waals surface area contributed by atoms with Crippen molar-refractivity contribution in [3.63, 3.8) is 0 Å². The number of rotatable bonds is 6. The van der Waals surface area contributed by atoms with Crippen molar-refractivity contribution >= 4 is 46.4 Å². The number of benzene rings is 2. The molecular weight excluding hydrogens is 725 g/mol. The van der Waals surface area contributed by atoms with Gasteiger partial charge in [0, 0.05) is 62.5 Å². The van der Waals surface area contributed by atoms with E-state index in [4.69, 9.17) is 37.4 Å². The number of halogens is 4. The number of nitrogens with one attached hydrogen (secondary N) is 1. The molecule has 4 aliphatic heterocycles. The number of aromatic nitrogens is 4. The van der Waals surface area contributed by atoms with Crippen LogP contribution in [0, 0.1) is 29.4 Å². The van der Waals surface area contributed by atoms with Crippen LogP contribution in [0.15, 0.2) is 33.9 Å². The third-order valence-corrected chi connectivity index (χ3v) is 11.7. The molecule has 4 aromatic rings. The largest absolute Gasteiger partial charge is 0.481 e. The Morgan fingerprint density at radius 1 is 0.846 bits per heavy atom. The highest BCUT2D eigenvalue weighted by Gasteiger charge is 2.54. The normalized spacial score (nSPS) is 23.2. The number of ether oxygens (including phenoxy) is 3. The minimum atomic E-state index is -0.930. The second-order valence-electron chi connectivity index (χ2n) is 13.9. The molecule has 2 amide bonds. The van der Waals surface area contributed by atoms with Crippen LogP contribution in [0.2, 0.25) is 10.3 Å². The summed E-state index contributed by atoms with van der Waals surface area (Å²) < 4.78 is 54.4. The van der Waals surface area contributed by atoms with E-state index in [1.807, 2.05) is 0 Å². The fraction of sp³-hybridized carbons (Fsp3) is 0.429. The van der Waals surface area contributed by atoms with E-state index in [0.717, 1.165) is 18.9 Å². The molecule has 1 N–H and O–H groups in total. The number of amides is 2. The topological polar surface area (TPSA) is 131 Å². The van der Waals surface area contributed by atoms with E-state index in [1.54, 1.807) is 9.36 Å². The molecule has 272 valence electrons. The standard InChI is InChI=1S/C35H32Cl2F2N6O7/c1-50-15-41-24-10-20(29-31(36)42-5-2-3-6-44(42)33(29)47)22(39)12-26(24)52-30(35(41)49)18-8-17(18)16-4-7-43-32(37)28(34(48)45(43)13-16)19-9-23-25(11-21(19)38)51-14-27(46)40-23/h9-12,16-18,30H,2-8,13-15H2,1H3,(H,40,46)/t16?,17?,18-,30?/m0/s1. The maximum Gasteiger partial charge on any atom is 0.276 e. The molecule has 0 radical (unpaired) electrons. The minimum Gasteiger partial charge on any atom is -0.481 e. The van der Waals surface area contributed by atoms with Gasteiger partial charge in [-0.1, -0.05) is 23.2 Å². The van der Waals surface area contributed by atoms with Crippen LogP contribution in [0.4, 0.5) is 20.2 Å². The Bertz CT molecular complexity index is 2330. The maximum absolute atomic E-state index is 15.8. The fourth-order valence-electron chi connectivity index (χ4n) is 8.34. The zero-order chi connectivity index (χ0) is 36.2. The van der Waals surface area contributed by atoms with E-state index < -0.39 is 34.8 Å². The van der Waals surface area contributed by atoms with Gasteiger partial charge < -0.3 is 19.5 Å². The van der Waals surface area contributed by atoms with Gasteiger partial charge >= 0.3 is 0 Å². The highest BCUT2D eigenvalue weighted by molar-refractivity contribution is 6.32. The monoisotopic (exact) mass is 756 g/mol. The van der Waals surface area contributed by atoms with Crippen molar-refractivity contribution in [1.29, 1.82) is 0 Å². The van der Waals surface area contributed by atoms with Crippen LogP contribution < -0.4 is 30.8 Å². The van der Waals surface area contributed by atoms with E-state index in [2.05, 4.69) is 5.32 Å². The van der Waals surface area contributed by atoms with Crippen LogP contribution in [0.3, 0.4) is 0 Å². The number of fused-ring (bicyclic) bond motifs is 4. The first-order chi connectivity index (χ1) is 25.0. The molecule has 2 aromatic heterocycles. The second-order valence-corrected chi connectivity index (χ2v) is 14.6. The van der Waals surface area contributed by atoms with Gasteiger partial charge in [0.2, 0.25) is 0 Å². The summed E-state index contributed by atoms with van der Waals surface area (Å²) >= 11 is 13.3. The van der Waals surface area contributed by atoms with Gasteiger partial charge in [0.15, 0.2) is 12.7 Å². The SMILES string of the molecule is COCN1C(=O)C([C@H]2CC2C2CCn3c(Cl)c(-c4cc5c(cc4F)OCC(=O)N5)c(=O)n3C2)Oc2cc(F)c(-c3c(Cl)n4n(c3=O)CCCC4)cc21. The number of anilines is 2. The molecule has 6 heterocycles. The second kappa shape index (κ2) is 12.2. The van der Waals surface area contributed by atoms with E-state index in [9.17, 15) is 19.2 Å². The van der Waals surface area contributed by atoms with Crippen LogP contribution in [-0.4, -0.2) is 57.1 Å². The van der Waals surface area contributed by atoms with E-state index in [-0.39, 0.29) is 99.0 Å². The molecule has 4 atom stereocenters. The zero-order valence-electron chi connectivity index (χ0n) is 27.8. The number of carbonyl (C=O) groups is 2. The number of carbonyl (C=O) groups excluding carboxylic acids is 2. The molecule has 9 rings (SSSR count). The lowest BCUT2D eigenvalue weighted by atomic mass is 9.94. The fourth-order valence-corrected chi connectivity index (χ4v) is 9.06. The Labute approximate surface area is 304 Å². The van der Waals surface area contributed by atoms with Crippen molar-refractivity contribution in [1.82, 2.24) is 18.7 Å². The molecular formula is C35H32Cl2F2N6O7. The van der Waals surface area contributed by atoms with Gasteiger partial charge in [-0.2, -0.15) is 0 Å².